The van der Waals surface area contributed by atoms with Gasteiger partial charge in [-0.1, -0.05) is 23.4 Å². The van der Waals surface area contributed by atoms with Crippen LogP contribution in [0.25, 0.3) is 5.69 Å². The average molecular weight is 390 g/mol. The Morgan fingerprint density at radius 2 is 1.88 bits per heavy atom. The fourth-order valence-electron chi connectivity index (χ4n) is 2.13. The number of hydrogen-bond acceptors (Lipinski definition) is 6. The molecule has 3 aromatic rings. The molecule has 0 spiro atoms. The fourth-order valence-corrected chi connectivity index (χ4v) is 3.06. The number of amides is 1. The number of nitrogens with zero attached hydrogens (tertiary/aromatic N) is 4. The second-order valence-corrected chi connectivity index (χ2v) is 7.07. The number of anilines is 1. The molecule has 1 unspecified atom stereocenters. The summed E-state index contributed by atoms with van der Waals surface area (Å²) in [7, 11) is 1.61. The minimum absolute atomic E-state index is 0.151. The zero-order valence-electron chi connectivity index (χ0n) is 14.1. The maximum atomic E-state index is 12.4. The highest BCUT2D eigenvalue weighted by atomic mass is 35.5. The van der Waals surface area contributed by atoms with Gasteiger partial charge in [0, 0.05) is 10.7 Å². The number of methoxy groups -OCH3 is 1. The van der Waals surface area contributed by atoms with Crippen molar-refractivity contribution in [2.24, 2.45) is 0 Å². The number of carbonyl (C=O) groups is 1. The fraction of sp³-hybridized carbons (Fsp3) is 0.176. The monoisotopic (exact) mass is 389 g/mol. The Kier molecular flexibility index (Phi) is 5.75. The van der Waals surface area contributed by atoms with Crippen LogP contribution in [0.5, 0.6) is 5.75 Å². The molecule has 1 amide bonds. The predicted molar refractivity (Wildman–Crippen MR) is 101 cm³/mol. The van der Waals surface area contributed by atoms with Crippen molar-refractivity contribution in [1.29, 1.82) is 0 Å². The van der Waals surface area contributed by atoms with Gasteiger partial charge in [0.1, 0.15) is 5.75 Å². The summed E-state index contributed by atoms with van der Waals surface area (Å²) in [6.07, 6.45) is 0. The number of benzene rings is 2. The molecule has 1 aromatic heterocycles. The smallest absolute Gasteiger partial charge is 0.237 e. The highest BCUT2D eigenvalue weighted by Crippen LogP contribution is 2.25. The van der Waals surface area contributed by atoms with Crippen molar-refractivity contribution < 1.29 is 9.53 Å². The van der Waals surface area contributed by atoms with E-state index in [2.05, 4.69) is 20.8 Å². The molecule has 0 saturated heterocycles. The van der Waals surface area contributed by atoms with E-state index in [1.807, 2.05) is 24.3 Å². The van der Waals surface area contributed by atoms with Gasteiger partial charge < -0.3 is 10.1 Å². The van der Waals surface area contributed by atoms with Crippen molar-refractivity contribution in [2.75, 3.05) is 12.4 Å². The molecule has 0 aliphatic carbocycles. The Morgan fingerprint density at radius 1 is 1.19 bits per heavy atom. The number of tetrazole rings is 1. The van der Waals surface area contributed by atoms with Gasteiger partial charge in [-0.05, 0) is 65.9 Å². The van der Waals surface area contributed by atoms with Gasteiger partial charge in [-0.15, -0.1) is 5.10 Å². The molecule has 1 atom stereocenters. The van der Waals surface area contributed by atoms with Gasteiger partial charge in [0.05, 0.1) is 18.0 Å². The molecular weight excluding hydrogens is 374 g/mol. The van der Waals surface area contributed by atoms with Gasteiger partial charge in [0.15, 0.2) is 0 Å². The normalized spacial score (nSPS) is 11.8. The van der Waals surface area contributed by atoms with Gasteiger partial charge in [0.25, 0.3) is 0 Å². The first kappa shape index (κ1) is 18.2. The Labute approximate surface area is 159 Å². The lowest BCUT2D eigenvalue weighted by molar-refractivity contribution is -0.115. The summed E-state index contributed by atoms with van der Waals surface area (Å²) < 4.78 is 6.73. The van der Waals surface area contributed by atoms with Crippen LogP contribution in [0.3, 0.4) is 0 Å². The first-order chi connectivity index (χ1) is 12.6. The molecule has 0 aliphatic rings. The minimum atomic E-state index is -0.395. The maximum Gasteiger partial charge on any atom is 0.237 e. The van der Waals surface area contributed by atoms with Crippen LogP contribution < -0.4 is 10.1 Å². The summed E-state index contributed by atoms with van der Waals surface area (Å²) >= 11 is 7.12. The van der Waals surface area contributed by atoms with Crippen LogP contribution in [0.15, 0.2) is 53.7 Å². The third-order valence-electron chi connectivity index (χ3n) is 3.52. The van der Waals surface area contributed by atoms with E-state index in [0.29, 0.717) is 15.9 Å². The number of rotatable bonds is 6. The van der Waals surface area contributed by atoms with Crippen molar-refractivity contribution in [3.63, 3.8) is 0 Å². The van der Waals surface area contributed by atoms with Crippen molar-refractivity contribution >= 4 is 35.0 Å². The molecule has 0 aliphatic heterocycles. The molecule has 0 bridgehead atoms. The van der Waals surface area contributed by atoms with Crippen LogP contribution in [-0.4, -0.2) is 38.5 Å². The van der Waals surface area contributed by atoms with Gasteiger partial charge in [-0.25, -0.2) is 0 Å². The zero-order chi connectivity index (χ0) is 18.5. The lowest BCUT2D eigenvalue weighted by Crippen LogP contribution is -2.22. The molecule has 1 heterocycles. The SMILES string of the molecule is COc1ccc(-n2nnnc2SC(C)C(=O)Nc2ccc(Cl)cc2)cc1. The molecular formula is C17H16ClN5O2S. The number of thioether (sulfide) groups is 1. The number of ether oxygens (including phenoxy) is 1. The van der Waals surface area contributed by atoms with Crippen molar-refractivity contribution in [1.82, 2.24) is 20.2 Å². The Bertz CT molecular complexity index is 883. The molecule has 0 radical (unpaired) electrons. The number of halogens is 1. The van der Waals surface area contributed by atoms with Crippen molar-refractivity contribution in [3.05, 3.63) is 53.6 Å². The molecule has 7 nitrogen and oxygen atoms in total. The predicted octanol–water partition coefficient (Wildman–Crippen LogP) is 3.44. The van der Waals surface area contributed by atoms with E-state index in [1.165, 1.54) is 11.8 Å². The summed E-state index contributed by atoms with van der Waals surface area (Å²) in [6.45, 7) is 1.79. The highest BCUT2D eigenvalue weighted by Gasteiger charge is 2.19. The maximum absolute atomic E-state index is 12.4. The second kappa shape index (κ2) is 8.20. The third kappa shape index (κ3) is 4.33. The van der Waals surface area contributed by atoms with Crippen LogP contribution in [0.1, 0.15) is 6.92 Å². The van der Waals surface area contributed by atoms with Gasteiger partial charge in [-0.2, -0.15) is 4.68 Å². The van der Waals surface area contributed by atoms with Gasteiger partial charge in [0.2, 0.25) is 11.1 Å². The van der Waals surface area contributed by atoms with Crippen LogP contribution in [0.4, 0.5) is 5.69 Å². The van der Waals surface area contributed by atoms with E-state index in [0.717, 1.165) is 11.4 Å². The first-order valence-electron chi connectivity index (χ1n) is 7.72. The van der Waals surface area contributed by atoms with Crippen LogP contribution in [-0.2, 0) is 4.79 Å². The standard InChI is InChI=1S/C17H16ClN5O2S/c1-11(16(24)19-13-5-3-12(18)4-6-13)26-17-20-21-22-23(17)14-7-9-15(25-2)10-8-14/h3-11H,1-2H3,(H,19,24). The van der Waals surface area contributed by atoms with E-state index >= 15 is 0 Å². The molecule has 0 fully saturated rings. The van der Waals surface area contributed by atoms with Crippen molar-refractivity contribution in [3.8, 4) is 11.4 Å². The molecule has 0 saturated carbocycles. The third-order valence-corrected chi connectivity index (χ3v) is 4.81. The van der Waals surface area contributed by atoms with Crippen LogP contribution in [0.2, 0.25) is 5.02 Å². The number of aromatic nitrogens is 4. The molecule has 9 heteroatoms. The summed E-state index contributed by atoms with van der Waals surface area (Å²) in [5, 5.41) is 15.3. The van der Waals surface area contributed by atoms with Crippen LogP contribution >= 0.6 is 23.4 Å². The summed E-state index contributed by atoms with van der Waals surface area (Å²) in [5.41, 5.74) is 1.46. The van der Waals surface area contributed by atoms with E-state index in [9.17, 15) is 4.79 Å². The largest absolute Gasteiger partial charge is 0.497 e. The average Bonchev–Trinajstić information content (AvgIpc) is 3.11. The molecule has 2 aromatic carbocycles. The number of carbonyl (C=O) groups excluding carboxylic acids is 1. The summed E-state index contributed by atoms with van der Waals surface area (Å²) in [6, 6.07) is 14.3. The highest BCUT2D eigenvalue weighted by molar-refractivity contribution is 8.00. The summed E-state index contributed by atoms with van der Waals surface area (Å²) in [5.74, 6) is 0.591. The lowest BCUT2D eigenvalue weighted by Gasteiger charge is -2.12. The topological polar surface area (TPSA) is 81.9 Å². The molecule has 26 heavy (non-hydrogen) atoms. The van der Waals surface area contributed by atoms with E-state index in [-0.39, 0.29) is 5.91 Å². The molecule has 3 rings (SSSR count). The quantitative estimate of drug-likeness (QED) is 0.650. The van der Waals surface area contributed by atoms with E-state index in [1.54, 1.807) is 43.0 Å². The minimum Gasteiger partial charge on any atom is -0.497 e. The Hall–Kier alpha value is -2.58. The van der Waals surface area contributed by atoms with Gasteiger partial charge in [-0.3, -0.25) is 4.79 Å². The number of nitrogens with one attached hydrogen (secondary N) is 1. The van der Waals surface area contributed by atoms with Crippen molar-refractivity contribution in [2.45, 2.75) is 17.3 Å². The van der Waals surface area contributed by atoms with E-state index < -0.39 is 5.25 Å². The Balaban J connectivity index is 1.69. The van der Waals surface area contributed by atoms with E-state index in [4.69, 9.17) is 16.3 Å². The zero-order valence-corrected chi connectivity index (χ0v) is 15.7. The number of hydrogen-bond donors (Lipinski definition) is 1. The van der Waals surface area contributed by atoms with Gasteiger partial charge >= 0.3 is 0 Å². The first-order valence-corrected chi connectivity index (χ1v) is 8.98. The second-order valence-electron chi connectivity index (χ2n) is 5.33. The molecule has 1 N–H and O–H groups in total. The summed E-state index contributed by atoms with van der Waals surface area (Å²) in [4.78, 5) is 12.4. The Morgan fingerprint density at radius 3 is 2.54 bits per heavy atom. The molecule has 134 valence electrons. The lowest BCUT2D eigenvalue weighted by atomic mass is 10.3. The van der Waals surface area contributed by atoms with Crippen LogP contribution in [0, 0.1) is 0 Å².